The van der Waals surface area contributed by atoms with Gasteiger partial charge in [0.25, 0.3) is 0 Å². The van der Waals surface area contributed by atoms with E-state index in [1.807, 2.05) is 6.08 Å². The third-order valence-corrected chi connectivity index (χ3v) is 4.78. The monoisotopic (exact) mass is 298 g/mol. The maximum absolute atomic E-state index is 5.80. The highest BCUT2D eigenvalue weighted by atomic mass is 16.5. The van der Waals surface area contributed by atoms with Crippen molar-refractivity contribution in [3.05, 3.63) is 54.6 Å². The molecule has 0 unspecified atom stereocenters. The van der Waals surface area contributed by atoms with Gasteiger partial charge in [-0.1, -0.05) is 44.2 Å². The second-order valence-electron chi connectivity index (χ2n) is 6.46. The van der Waals surface area contributed by atoms with Crippen LogP contribution in [0, 0.1) is 5.92 Å². The lowest BCUT2D eigenvalue weighted by Gasteiger charge is -2.28. The lowest BCUT2D eigenvalue weighted by atomic mass is 9.77. The van der Waals surface area contributed by atoms with Crippen LogP contribution in [0.2, 0.25) is 0 Å². The summed E-state index contributed by atoms with van der Waals surface area (Å²) in [6.45, 7) is 10.4. The SMILES string of the molecule is C=CCOc1ccc(C2CCC(CC=C)CC2)cc1CCC. The Morgan fingerprint density at radius 3 is 2.55 bits per heavy atom. The Kier molecular flexibility index (Phi) is 6.76. The van der Waals surface area contributed by atoms with Crippen molar-refractivity contribution in [3.63, 3.8) is 0 Å². The van der Waals surface area contributed by atoms with Gasteiger partial charge < -0.3 is 4.74 Å². The van der Waals surface area contributed by atoms with E-state index in [1.165, 1.54) is 43.2 Å². The fourth-order valence-electron chi connectivity index (χ4n) is 3.57. The lowest BCUT2D eigenvalue weighted by molar-refractivity contribution is 0.327. The molecular weight excluding hydrogens is 268 g/mol. The molecule has 1 saturated carbocycles. The van der Waals surface area contributed by atoms with Gasteiger partial charge in [-0.3, -0.25) is 0 Å². The molecule has 0 spiro atoms. The molecule has 0 saturated heterocycles. The Hall–Kier alpha value is -1.50. The van der Waals surface area contributed by atoms with Crippen molar-refractivity contribution >= 4 is 0 Å². The van der Waals surface area contributed by atoms with E-state index in [9.17, 15) is 0 Å². The zero-order valence-electron chi connectivity index (χ0n) is 14.0. The molecule has 1 aromatic carbocycles. The van der Waals surface area contributed by atoms with Crippen LogP contribution in [0.1, 0.15) is 62.5 Å². The molecule has 0 atom stereocenters. The first-order chi connectivity index (χ1) is 10.8. The predicted octanol–water partition coefficient (Wildman–Crippen LogP) is 6.05. The van der Waals surface area contributed by atoms with E-state index in [4.69, 9.17) is 4.74 Å². The molecule has 120 valence electrons. The molecule has 0 aromatic heterocycles. The number of hydrogen-bond acceptors (Lipinski definition) is 1. The minimum atomic E-state index is 0.586. The fourth-order valence-corrected chi connectivity index (χ4v) is 3.57. The van der Waals surface area contributed by atoms with Crippen LogP contribution in [-0.4, -0.2) is 6.61 Å². The lowest BCUT2D eigenvalue weighted by Crippen LogP contribution is -2.13. The summed E-state index contributed by atoms with van der Waals surface area (Å²) < 4.78 is 5.80. The third-order valence-electron chi connectivity index (χ3n) is 4.78. The van der Waals surface area contributed by atoms with Gasteiger partial charge in [-0.25, -0.2) is 0 Å². The molecule has 1 fully saturated rings. The number of aryl methyl sites for hydroxylation is 1. The van der Waals surface area contributed by atoms with Gasteiger partial charge >= 0.3 is 0 Å². The van der Waals surface area contributed by atoms with Crippen molar-refractivity contribution in [3.8, 4) is 5.75 Å². The first kappa shape index (κ1) is 16.9. The molecule has 0 heterocycles. The van der Waals surface area contributed by atoms with Gasteiger partial charge in [0, 0.05) is 0 Å². The van der Waals surface area contributed by atoms with Gasteiger partial charge in [-0.05, 0) is 67.6 Å². The topological polar surface area (TPSA) is 9.23 Å². The van der Waals surface area contributed by atoms with Crippen LogP contribution in [0.3, 0.4) is 0 Å². The number of ether oxygens (including phenoxy) is 1. The summed E-state index contributed by atoms with van der Waals surface area (Å²) in [6.07, 6.45) is 12.6. The molecule has 1 aromatic rings. The van der Waals surface area contributed by atoms with E-state index in [0.29, 0.717) is 6.61 Å². The van der Waals surface area contributed by atoms with Crippen molar-refractivity contribution in [2.24, 2.45) is 5.92 Å². The van der Waals surface area contributed by atoms with Crippen molar-refractivity contribution in [2.75, 3.05) is 6.61 Å². The Balaban J connectivity index is 2.06. The highest BCUT2D eigenvalue weighted by molar-refractivity contribution is 5.39. The number of benzene rings is 1. The first-order valence-electron chi connectivity index (χ1n) is 8.75. The molecule has 0 N–H and O–H groups in total. The van der Waals surface area contributed by atoms with Crippen LogP contribution in [0.25, 0.3) is 0 Å². The summed E-state index contributed by atoms with van der Waals surface area (Å²) in [4.78, 5) is 0. The van der Waals surface area contributed by atoms with E-state index in [-0.39, 0.29) is 0 Å². The zero-order chi connectivity index (χ0) is 15.8. The second-order valence-corrected chi connectivity index (χ2v) is 6.46. The molecule has 0 radical (unpaired) electrons. The van der Waals surface area contributed by atoms with Crippen molar-refractivity contribution < 1.29 is 4.74 Å². The van der Waals surface area contributed by atoms with Gasteiger partial charge in [0.1, 0.15) is 12.4 Å². The van der Waals surface area contributed by atoms with Crippen LogP contribution >= 0.6 is 0 Å². The molecule has 1 nitrogen and oxygen atoms in total. The largest absolute Gasteiger partial charge is 0.489 e. The Bertz CT molecular complexity index is 481. The Morgan fingerprint density at radius 1 is 1.14 bits per heavy atom. The maximum Gasteiger partial charge on any atom is 0.122 e. The zero-order valence-corrected chi connectivity index (χ0v) is 14.0. The summed E-state index contributed by atoms with van der Waals surface area (Å²) in [5, 5.41) is 0. The standard InChI is InChI=1S/C21H30O/c1-4-7-17-9-11-18(12-10-17)19-13-14-21(22-15-6-3)20(16-19)8-5-2/h4,6,13-14,16-18H,1,3,5,7-12,15H2,2H3. The normalized spacial score (nSPS) is 21.3. The average Bonchev–Trinajstić information content (AvgIpc) is 2.55. The van der Waals surface area contributed by atoms with Gasteiger partial charge in [0.2, 0.25) is 0 Å². The smallest absolute Gasteiger partial charge is 0.122 e. The van der Waals surface area contributed by atoms with Gasteiger partial charge in [0.05, 0.1) is 0 Å². The molecule has 2 rings (SSSR count). The molecular formula is C21H30O. The van der Waals surface area contributed by atoms with E-state index in [1.54, 1.807) is 0 Å². The number of rotatable bonds is 8. The molecule has 1 aliphatic carbocycles. The van der Waals surface area contributed by atoms with E-state index in [0.717, 1.165) is 30.4 Å². The Morgan fingerprint density at radius 2 is 1.91 bits per heavy atom. The third kappa shape index (κ3) is 4.50. The van der Waals surface area contributed by atoms with Crippen molar-refractivity contribution in [1.29, 1.82) is 0 Å². The van der Waals surface area contributed by atoms with Crippen LogP contribution in [0.4, 0.5) is 0 Å². The quantitative estimate of drug-likeness (QED) is 0.530. The second kappa shape index (κ2) is 8.82. The van der Waals surface area contributed by atoms with E-state index in [2.05, 4.69) is 44.4 Å². The summed E-state index contributed by atoms with van der Waals surface area (Å²) in [7, 11) is 0. The summed E-state index contributed by atoms with van der Waals surface area (Å²) in [6, 6.07) is 6.83. The van der Waals surface area contributed by atoms with E-state index >= 15 is 0 Å². The van der Waals surface area contributed by atoms with Gasteiger partial charge in [0.15, 0.2) is 0 Å². The molecule has 0 amide bonds. The van der Waals surface area contributed by atoms with Crippen molar-refractivity contribution in [2.45, 2.75) is 57.8 Å². The van der Waals surface area contributed by atoms with Crippen LogP contribution in [0.15, 0.2) is 43.5 Å². The minimum Gasteiger partial charge on any atom is -0.489 e. The molecule has 0 bridgehead atoms. The predicted molar refractivity (Wildman–Crippen MR) is 95.6 cm³/mol. The van der Waals surface area contributed by atoms with Gasteiger partial charge in [-0.2, -0.15) is 0 Å². The molecule has 0 aliphatic heterocycles. The minimum absolute atomic E-state index is 0.586. The van der Waals surface area contributed by atoms with Crippen molar-refractivity contribution in [1.82, 2.24) is 0 Å². The van der Waals surface area contributed by atoms with Crippen LogP contribution < -0.4 is 4.74 Å². The molecule has 22 heavy (non-hydrogen) atoms. The maximum atomic E-state index is 5.80. The van der Waals surface area contributed by atoms with Crippen LogP contribution in [0.5, 0.6) is 5.75 Å². The number of hydrogen-bond donors (Lipinski definition) is 0. The summed E-state index contributed by atoms with van der Waals surface area (Å²) in [5.74, 6) is 2.62. The molecule has 1 aliphatic rings. The summed E-state index contributed by atoms with van der Waals surface area (Å²) >= 11 is 0. The highest BCUT2D eigenvalue weighted by Gasteiger charge is 2.22. The molecule has 1 heteroatoms. The number of allylic oxidation sites excluding steroid dienone is 1. The van der Waals surface area contributed by atoms with Crippen LogP contribution in [-0.2, 0) is 6.42 Å². The van der Waals surface area contributed by atoms with Gasteiger partial charge in [-0.15, -0.1) is 6.58 Å². The fraction of sp³-hybridized carbons (Fsp3) is 0.524. The Labute approximate surface area is 136 Å². The first-order valence-corrected chi connectivity index (χ1v) is 8.75. The average molecular weight is 298 g/mol. The van der Waals surface area contributed by atoms with E-state index < -0.39 is 0 Å². The highest BCUT2D eigenvalue weighted by Crippen LogP contribution is 2.38. The summed E-state index contributed by atoms with van der Waals surface area (Å²) in [5.41, 5.74) is 2.86.